The molecule has 31 heavy (non-hydrogen) atoms. The topological polar surface area (TPSA) is 152 Å². The fraction of sp³-hybridized carbons (Fsp3) is 0.389. The average Bonchev–Trinajstić information content (AvgIpc) is 3.10. The molecular formula is C18H20F2N4O5S2. The summed E-state index contributed by atoms with van der Waals surface area (Å²) in [5, 5.41) is 32.9. The Balaban J connectivity index is 2.22. The molecule has 13 heteroatoms. The van der Waals surface area contributed by atoms with E-state index in [4.69, 9.17) is 5.26 Å². The van der Waals surface area contributed by atoms with E-state index in [0.717, 1.165) is 29.7 Å². The summed E-state index contributed by atoms with van der Waals surface area (Å²) in [5.41, 5.74) is -0.0441. The number of aromatic nitrogens is 1. The molecule has 2 aromatic rings. The smallest absolute Gasteiger partial charge is 0.271 e. The molecule has 0 spiro atoms. The maximum atomic E-state index is 13.5. The van der Waals surface area contributed by atoms with Gasteiger partial charge in [-0.1, -0.05) is 0 Å². The molecule has 2 rings (SSSR count). The van der Waals surface area contributed by atoms with Gasteiger partial charge in [0.1, 0.15) is 23.4 Å². The first-order valence-corrected chi connectivity index (χ1v) is 11.7. The molecule has 168 valence electrons. The van der Waals surface area contributed by atoms with Crippen molar-refractivity contribution in [3.05, 3.63) is 46.5 Å². The Morgan fingerprint density at radius 3 is 2.52 bits per heavy atom. The quantitative estimate of drug-likeness (QED) is 0.403. The number of hydrogen-bond acceptors (Lipinski definition) is 8. The van der Waals surface area contributed by atoms with Crippen LogP contribution in [-0.2, 0) is 16.4 Å². The Bertz CT molecular complexity index is 1050. The third kappa shape index (κ3) is 7.83. The molecule has 4 N–H and O–H groups in total. The van der Waals surface area contributed by atoms with Gasteiger partial charge in [0.2, 0.25) is 10.0 Å². The number of aliphatic hydroxyl groups excluding tert-OH is 2. The van der Waals surface area contributed by atoms with Gasteiger partial charge < -0.3 is 15.5 Å². The van der Waals surface area contributed by atoms with Gasteiger partial charge in [-0.2, -0.15) is 5.26 Å². The minimum Gasteiger partial charge on any atom is -0.390 e. The predicted molar refractivity (Wildman–Crippen MR) is 109 cm³/mol. The Hall–Kier alpha value is -2.66. The molecule has 0 aliphatic rings. The van der Waals surface area contributed by atoms with E-state index in [-0.39, 0.29) is 35.7 Å². The van der Waals surface area contributed by atoms with Crippen molar-refractivity contribution < 1.29 is 32.2 Å². The lowest BCUT2D eigenvalue weighted by atomic mass is 9.95. The van der Waals surface area contributed by atoms with E-state index in [0.29, 0.717) is 6.07 Å². The standard InChI is InChI=1S/C18H20F2N4O5S2/c1-31(28,29)24-18-23-14(9-30-18)17(27)22-13(16(26)15(25)3-2-4-21)7-10-5-11(19)8-12(20)6-10/h5-6,8-9,13,15-16,25-26H,2-3,7H2,1H3,(H,22,27)(H,23,24). The summed E-state index contributed by atoms with van der Waals surface area (Å²) in [6, 6.07) is 3.35. The van der Waals surface area contributed by atoms with Crippen molar-refractivity contribution in [1.29, 1.82) is 5.26 Å². The number of nitrogens with zero attached hydrogens (tertiary/aromatic N) is 2. The minimum atomic E-state index is -3.60. The van der Waals surface area contributed by atoms with Gasteiger partial charge in [0.15, 0.2) is 5.13 Å². The number of thiazole rings is 1. The predicted octanol–water partition coefficient (Wildman–Crippen LogP) is 1.16. The van der Waals surface area contributed by atoms with E-state index in [2.05, 4.69) is 15.0 Å². The minimum absolute atomic E-state index is 0.0500. The van der Waals surface area contributed by atoms with Crippen LogP contribution in [0.2, 0.25) is 0 Å². The molecule has 0 aliphatic heterocycles. The highest BCUT2D eigenvalue weighted by molar-refractivity contribution is 7.92. The van der Waals surface area contributed by atoms with E-state index in [9.17, 15) is 32.2 Å². The molecule has 1 amide bonds. The van der Waals surface area contributed by atoms with Gasteiger partial charge >= 0.3 is 0 Å². The summed E-state index contributed by atoms with van der Waals surface area (Å²) in [4.78, 5) is 16.4. The largest absolute Gasteiger partial charge is 0.390 e. The first-order chi connectivity index (χ1) is 14.5. The molecule has 9 nitrogen and oxygen atoms in total. The van der Waals surface area contributed by atoms with Gasteiger partial charge in [-0.3, -0.25) is 9.52 Å². The van der Waals surface area contributed by atoms with E-state index in [1.165, 1.54) is 5.38 Å². The zero-order valence-corrected chi connectivity index (χ0v) is 17.9. The normalized spacial score (nSPS) is 14.3. The van der Waals surface area contributed by atoms with E-state index in [1.807, 2.05) is 6.07 Å². The lowest BCUT2D eigenvalue weighted by Crippen LogP contribution is -2.50. The van der Waals surface area contributed by atoms with Crippen LogP contribution in [0.1, 0.15) is 28.9 Å². The van der Waals surface area contributed by atoms with Crippen molar-refractivity contribution >= 4 is 32.4 Å². The number of halogens is 2. The number of carbonyl (C=O) groups is 1. The number of nitriles is 1. The zero-order chi connectivity index (χ0) is 23.2. The second-order valence-corrected chi connectivity index (χ2v) is 9.34. The monoisotopic (exact) mass is 474 g/mol. The summed E-state index contributed by atoms with van der Waals surface area (Å²) in [7, 11) is -3.60. The summed E-state index contributed by atoms with van der Waals surface area (Å²) in [6.45, 7) is 0. The SMILES string of the molecule is CS(=O)(=O)Nc1nc(C(=O)NC(Cc2cc(F)cc(F)c2)C(O)C(O)CCC#N)cs1. The maximum Gasteiger partial charge on any atom is 0.271 e. The number of aliphatic hydroxyl groups is 2. The van der Waals surface area contributed by atoms with Crippen LogP contribution in [-0.4, -0.2) is 54.0 Å². The fourth-order valence-electron chi connectivity index (χ4n) is 2.72. The van der Waals surface area contributed by atoms with Gasteiger partial charge in [-0.05, 0) is 30.5 Å². The molecule has 1 aromatic carbocycles. The maximum absolute atomic E-state index is 13.5. The van der Waals surface area contributed by atoms with Crippen LogP contribution in [0.25, 0.3) is 0 Å². The first-order valence-electron chi connectivity index (χ1n) is 8.90. The highest BCUT2D eigenvalue weighted by atomic mass is 32.2. The number of rotatable bonds is 10. The summed E-state index contributed by atoms with van der Waals surface area (Å²) >= 11 is 0.856. The summed E-state index contributed by atoms with van der Waals surface area (Å²) in [5.74, 6) is -2.50. The van der Waals surface area contributed by atoms with E-state index in [1.54, 1.807) is 0 Å². The number of benzene rings is 1. The van der Waals surface area contributed by atoms with Crippen molar-refractivity contribution in [1.82, 2.24) is 10.3 Å². The van der Waals surface area contributed by atoms with Crippen LogP contribution in [0.3, 0.4) is 0 Å². The molecule has 0 saturated carbocycles. The van der Waals surface area contributed by atoms with Gasteiger partial charge in [0, 0.05) is 17.9 Å². The Kier molecular flexibility index (Phi) is 8.40. The fourth-order valence-corrected chi connectivity index (χ4v) is 4.26. The molecular weight excluding hydrogens is 454 g/mol. The molecule has 3 unspecified atom stereocenters. The van der Waals surface area contributed by atoms with Crippen molar-refractivity contribution in [3.63, 3.8) is 0 Å². The van der Waals surface area contributed by atoms with Crippen LogP contribution in [0, 0.1) is 23.0 Å². The van der Waals surface area contributed by atoms with Crippen molar-refractivity contribution in [2.24, 2.45) is 0 Å². The van der Waals surface area contributed by atoms with Crippen molar-refractivity contribution in [3.8, 4) is 6.07 Å². The number of hydrogen-bond donors (Lipinski definition) is 4. The number of nitrogens with one attached hydrogen (secondary N) is 2. The highest BCUT2D eigenvalue weighted by Crippen LogP contribution is 2.18. The molecule has 0 aliphatic carbocycles. The van der Waals surface area contributed by atoms with Gasteiger partial charge in [0.25, 0.3) is 5.91 Å². The Labute approximate surface area is 181 Å². The van der Waals surface area contributed by atoms with E-state index < -0.39 is 45.8 Å². The number of carbonyl (C=O) groups excluding carboxylic acids is 1. The average molecular weight is 475 g/mol. The van der Waals surface area contributed by atoms with Crippen LogP contribution in [0.4, 0.5) is 13.9 Å². The molecule has 1 aromatic heterocycles. The third-order valence-corrected chi connectivity index (χ3v) is 5.51. The Morgan fingerprint density at radius 2 is 1.94 bits per heavy atom. The second-order valence-electron chi connectivity index (χ2n) is 6.73. The molecule has 1 heterocycles. The Morgan fingerprint density at radius 1 is 1.29 bits per heavy atom. The highest BCUT2D eigenvalue weighted by Gasteiger charge is 2.29. The molecule has 0 radical (unpaired) electrons. The second kappa shape index (κ2) is 10.6. The van der Waals surface area contributed by atoms with Crippen LogP contribution in [0.15, 0.2) is 23.6 Å². The van der Waals surface area contributed by atoms with Crippen molar-refractivity contribution in [2.75, 3.05) is 11.0 Å². The third-order valence-electron chi connectivity index (χ3n) is 4.06. The van der Waals surface area contributed by atoms with Gasteiger partial charge in [0.05, 0.1) is 24.5 Å². The lowest BCUT2D eigenvalue weighted by molar-refractivity contribution is -0.00648. The molecule has 0 fully saturated rings. The van der Waals surface area contributed by atoms with Crippen LogP contribution < -0.4 is 10.0 Å². The van der Waals surface area contributed by atoms with Crippen molar-refractivity contribution in [2.45, 2.75) is 37.5 Å². The summed E-state index contributed by atoms with van der Waals surface area (Å²) in [6.07, 6.45) is -2.40. The number of anilines is 1. The van der Waals surface area contributed by atoms with Gasteiger partial charge in [-0.25, -0.2) is 22.2 Å². The van der Waals surface area contributed by atoms with E-state index >= 15 is 0 Å². The number of sulfonamides is 1. The summed E-state index contributed by atoms with van der Waals surface area (Å²) < 4.78 is 51.7. The molecule has 0 bridgehead atoms. The van der Waals surface area contributed by atoms with Crippen LogP contribution >= 0.6 is 11.3 Å². The first kappa shape index (κ1) is 24.6. The van der Waals surface area contributed by atoms with Gasteiger partial charge in [-0.15, -0.1) is 11.3 Å². The van der Waals surface area contributed by atoms with Crippen LogP contribution in [0.5, 0.6) is 0 Å². The number of amides is 1. The molecule has 3 atom stereocenters. The zero-order valence-electron chi connectivity index (χ0n) is 16.2. The molecule has 0 saturated heterocycles. The lowest BCUT2D eigenvalue weighted by Gasteiger charge is -2.27.